The Morgan fingerprint density at radius 1 is 0.730 bits per heavy atom. The molecule has 1 aromatic carbocycles. The van der Waals surface area contributed by atoms with E-state index in [0.717, 1.165) is 18.6 Å². The number of amides is 4. The molecule has 0 spiro atoms. The monoisotopic (exact) mass is 1050 g/mol. The highest BCUT2D eigenvalue weighted by Crippen LogP contribution is 2.20. The molecule has 1 heterocycles. The number of hydroxylamine groups is 1. The van der Waals surface area contributed by atoms with E-state index in [0.29, 0.717) is 149 Å². The zero-order valence-electron chi connectivity index (χ0n) is 44.5. The summed E-state index contributed by atoms with van der Waals surface area (Å²) in [5.74, 6) is -1.98. The molecule has 0 aliphatic carbocycles. The van der Waals surface area contributed by atoms with E-state index in [-0.39, 0.29) is 49.7 Å². The number of anilines is 1. The van der Waals surface area contributed by atoms with Crippen molar-refractivity contribution in [2.24, 2.45) is 23.0 Å². The highest BCUT2D eigenvalue weighted by Gasteiger charge is 2.29. The number of ether oxygens (including phenoxy) is 10. The highest BCUT2D eigenvalue weighted by molar-refractivity contribution is 5.97. The summed E-state index contributed by atoms with van der Waals surface area (Å²) in [4.78, 5) is 49.9. The van der Waals surface area contributed by atoms with Gasteiger partial charge in [-0.2, -0.15) is 5.48 Å². The lowest BCUT2D eigenvalue weighted by molar-refractivity contribution is -0.131. The number of nitrogens with one attached hydrogen (secondary N) is 5. The number of nitrogens with zero attached hydrogens (tertiary/aromatic N) is 3. The number of carbonyl (C=O) groups excluding carboxylic acids is 4. The smallest absolute Gasteiger partial charge is 0.312 e. The van der Waals surface area contributed by atoms with Crippen LogP contribution < -0.4 is 32.5 Å². The van der Waals surface area contributed by atoms with Crippen LogP contribution in [0.1, 0.15) is 71.6 Å². The van der Waals surface area contributed by atoms with E-state index in [9.17, 15) is 19.2 Å². The molecule has 2 atom stereocenters. The van der Waals surface area contributed by atoms with Gasteiger partial charge in [0.05, 0.1) is 144 Å². The van der Waals surface area contributed by atoms with E-state index in [1.54, 1.807) is 54.5 Å². The lowest BCUT2D eigenvalue weighted by Crippen LogP contribution is -2.48. The molecule has 0 saturated carbocycles. The second kappa shape index (κ2) is 41.4. The standard InChI is InChI=1S/C50H87N9O15/c1-39(2)47(56-46(61)36-54-64)45(60)34-42(8-7-14-52-49(51)63)48(62)55-43-11-9-41(10-12-43)38-74-40(3)53-35-44-37-59(58-57-44)15-17-66-19-21-68-23-25-70-27-29-72-31-33-73-32-30-71-28-26-69-24-22-67-20-18-65-16-13-50(4,5)6/h9-12,37,39,42,47,53-54,64H,3,7-8,13-36,38H2,1-2,4-6H3,(H,55,62)(H,56,61)(H3,51,52,63)/t42-,47+/m1/s1. The molecular formula is C50H87N9O15. The fourth-order valence-corrected chi connectivity index (χ4v) is 6.44. The SMILES string of the molecule is C=C(NCc1cn(CCOCCOCCOCCOCCOCCOCCOCCOCCOCCC(C)(C)C)nn1)OCc1ccc(NC(=O)[C@H](CCCNC(N)=O)CC(=O)[C@@H](NC(=O)CNO)C(C)C)cc1. The molecule has 0 unspecified atom stereocenters. The number of Topliss-reactive ketones (excluding diaryl/α,β-unsaturated/α-hetero) is 1. The first-order valence-corrected chi connectivity index (χ1v) is 25.4. The molecular weight excluding hydrogens is 967 g/mol. The van der Waals surface area contributed by atoms with Gasteiger partial charge in [0.1, 0.15) is 12.3 Å². The minimum Gasteiger partial charge on any atom is -0.475 e. The topological polar surface area (TPSA) is 298 Å². The first-order valence-electron chi connectivity index (χ1n) is 25.4. The van der Waals surface area contributed by atoms with Gasteiger partial charge in [0, 0.05) is 31.2 Å². The molecule has 2 aromatic rings. The van der Waals surface area contributed by atoms with Gasteiger partial charge >= 0.3 is 6.03 Å². The largest absolute Gasteiger partial charge is 0.475 e. The zero-order chi connectivity index (χ0) is 54.1. The Kier molecular flexibility index (Phi) is 36.5. The molecule has 2 rings (SSSR count). The zero-order valence-corrected chi connectivity index (χ0v) is 44.5. The van der Waals surface area contributed by atoms with Crippen LogP contribution in [0.15, 0.2) is 42.9 Å². The molecule has 1 aromatic heterocycles. The van der Waals surface area contributed by atoms with E-state index in [1.807, 2.05) is 0 Å². The molecule has 24 heteroatoms. The molecule has 0 radical (unpaired) electrons. The van der Waals surface area contributed by atoms with Gasteiger partial charge in [0.15, 0.2) is 11.7 Å². The van der Waals surface area contributed by atoms with E-state index in [4.69, 9.17) is 58.3 Å². The lowest BCUT2D eigenvalue weighted by Gasteiger charge is -2.24. The second-order valence-corrected chi connectivity index (χ2v) is 18.5. The van der Waals surface area contributed by atoms with Crippen molar-refractivity contribution < 1.29 is 71.8 Å². The molecule has 0 aliphatic heterocycles. The Labute approximate surface area is 437 Å². The van der Waals surface area contributed by atoms with E-state index >= 15 is 0 Å². The number of carbonyl (C=O) groups is 4. The second-order valence-electron chi connectivity index (χ2n) is 18.5. The summed E-state index contributed by atoms with van der Waals surface area (Å²) in [5.41, 5.74) is 9.22. The summed E-state index contributed by atoms with van der Waals surface area (Å²) < 4.78 is 57.4. The van der Waals surface area contributed by atoms with Gasteiger partial charge in [-0.15, -0.1) is 5.10 Å². The highest BCUT2D eigenvalue weighted by atomic mass is 16.6. The minimum absolute atomic E-state index is 0.153. The van der Waals surface area contributed by atoms with Crippen LogP contribution in [-0.2, 0) is 81.4 Å². The summed E-state index contributed by atoms with van der Waals surface area (Å²) in [7, 11) is 0. The normalized spacial score (nSPS) is 12.4. The lowest BCUT2D eigenvalue weighted by atomic mass is 9.89. The van der Waals surface area contributed by atoms with Crippen molar-refractivity contribution >= 4 is 29.3 Å². The first kappa shape index (κ1) is 65.3. The average molecular weight is 1050 g/mol. The van der Waals surface area contributed by atoms with Crippen LogP contribution in [0.3, 0.4) is 0 Å². The van der Waals surface area contributed by atoms with Gasteiger partial charge in [-0.1, -0.05) is 52.0 Å². The van der Waals surface area contributed by atoms with E-state index in [2.05, 4.69) is 58.9 Å². The van der Waals surface area contributed by atoms with Gasteiger partial charge in [-0.25, -0.2) is 9.48 Å². The fourth-order valence-electron chi connectivity index (χ4n) is 6.44. The van der Waals surface area contributed by atoms with Crippen molar-refractivity contribution in [2.75, 3.05) is 137 Å². The molecule has 8 N–H and O–H groups in total. The van der Waals surface area contributed by atoms with Crippen LogP contribution in [0.5, 0.6) is 0 Å². The third kappa shape index (κ3) is 35.4. The molecule has 0 aliphatic rings. The molecule has 422 valence electrons. The predicted octanol–water partition coefficient (Wildman–Crippen LogP) is 2.72. The summed E-state index contributed by atoms with van der Waals surface area (Å²) >= 11 is 0. The van der Waals surface area contributed by atoms with Gasteiger partial charge in [-0.3, -0.25) is 14.4 Å². The van der Waals surface area contributed by atoms with Gasteiger partial charge < -0.3 is 79.6 Å². The molecule has 74 heavy (non-hydrogen) atoms. The molecule has 24 nitrogen and oxygen atoms in total. The van der Waals surface area contributed by atoms with Crippen molar-refractivity contribution in [3.05, 3.63) is 54.2 Å². The van der Waals surface area contributed by atoms with Crippen molar-refractivity contribution in [1.29, 1.82) is 0 Å². The summed E-state index contributed by atoms with van der Waals surface area (Å²) in [5, 5.41) is 28.2. The van der Waals surface area contributed by atoms with E-state index < -0.39 is 29.8 Å². The van der Waals surface area contributed by atoms with Crippen LogP contribution in [0.2, 0.25) is 0 Å². The number of rotatable bonds is 48. The first-order chi connectivity index (χ1) is 35.7. The van der Waals surface area contributed by atoms with E-state index in [1.165, 1.54) is 0 Å². The maximum absolute atomic E-state index is 13.4. The number of benzene rings is 1. The number of hydrogen-bond donors (Lipinski definition) is 7. The number of aromatic nitrogens is 3. The maximum atomic E-state index is 13.4. The van der Waals surface area contributed by atoms with Gasteiger partial charge in [0.25, 0.3) is 0 Å². The molecule has 0 saturated heterocycles. The number of urea groups is 1. The minimum atomic E-state index is -0.863. The predicted molar refractivity (Wildman–Crippen MR) is 274 cm³/mol. The Bertz CT molecular complexity index is 1800. The van der Waals surface area contributed by atoms with Gasteiger partial charge in [-0.05, 0) is 54.9 Å². The van der Waals surface area contributed by atoms with Crippen LogP contribution >= 0.6 is 0 Å². The number of hydrogen-bond acceptors (Lipinski definition) is 19. The van der Waals surface area contributed by atoms with Crippen LogP contribution in [0, 0.1) is 17.3 Å². The van der Waals surface area contributed by atoms with Gasteiger partial charge in [0.2, 0.25) is 11.8 Å². The fraction of sp³-hybridized carbons (Fsp3) is 0.720. The molecule has 0 bridgehead atoms. The van der Waals surface area contributed by atoms with Crippen LogP contribution in [0.25, 0.3) is 0 Å². The quantitative estimate of drug-likeness (QED) is 0.0285. The number of nitrogens with two attached hydrogens (primary N) is 1. The van der Waals surface area contributed by atoms with Crippen molar-refractivity contribution in [2.45, 2.75) is 86.0 Å². The van der Waals surface area contributed by atoms with Crippen molar-refractivity contribution in [3.8, 4) is 0 Å². The Hall–Kier alpha value is -4.86. The summed E-state index contributed by atoms with van der Waals surface area (Å²) in [6, 6.07) is 5.46. The Morgan fingerprint density at radius 2 is 1.23 bits per heavy atom. The number of ketones is 1. The van der Waals surface area contributed by atoms with Crippen LogP contribution in [0.4, 0.5) is 10.5 Å². The molecule has 4 amide bonds. The third-order valence-corrected chi connectivity index (χ3v) is 10.5. The average Bonchev–Trinajstić information content (AvgIpc) is 3.82. The number of primary amides is 1. The summed E-state index contributed by atoms with van der Waals surface area (Å²) in [6.45, 7) is 24.0. The van der Waals surface area contributed by atoms with Crippen molar-refractivity contribution in [1.82, 2.24) is 36.4 Å². The van der Waals surface area contributed by atoms with Crippen LogP contribution in [-0.4, -0.2) is 182 Å². The maximum Gasteiger partial charge on any atom is 0.312 e. The molecule has 0 fully saturated rings. The van der Waals surface area contributed by atoms with Crippen molar-refractivity contribution in [3.63, 3.8) is 0 Å². The Morgan fingerprint density at radius 3 is 1.70 bits per heavy atom. The third-order valence-electron chi connectivity index (χ3n) is 10.5. The summed E-state index contributed by atoms with van der Waals surface area (Å²) in [6.07, 6.45) is 3.34. The Balaban J connectivity index is 1.47.